The molecular weight excluding hydrogens is 176 g/mol. The Kier molecular flexibility index (Phi) is 9.84. The van der Waals surface area contributed by atoms with E-state index >= 15 is 0 Å². The molecule has 0 saturated heterocycles. The van der Waals surface area contributed by atoms with Crippen LogP contribution in [0.25, 0.3) is 0 Å². The van der Waals surface area contributed by atoms with Crippen LogP contribution in [0.15, 0.2) is 13.2 Å². The van der Waals surface area contributed by atoms with Gasteiger partial charge >= 0.3 is 5.97 Å². The lowest BCUT2D eigenvalue weighted by Gasteiger charge is -2.17. The second-order valence-corrected chi connectivity index (χ2v) is 4.52. The van der Waals surface area contributed by atoms with Gasteiger partial charge in [0.1, 0.15) is 0 Å². The van der Waals surface area contributed by atoms with Crippen LogP contribution < -0.4 is 0 Å². The number of carboxylic acids is 1. The maximum atomic E-state index is 10.2. The summed E-state index contributed by atoms with van der Waals surface area (Å²) in [5, 5.41) is 8.37. The summed E-state index contributed by atoms with van der Waals surface area (Å²) in [7, 11) is 0. The number of aliphatic carboxylic acids is 1. The molecule has 0 rings (SSSR count). The van der Waals surface area contributed by atoms with Gasteiger partial charge in [0, 0.05) is 6.42 Å². The molecule has 0 aromatic carbocycles. The van der Waals surface area contributed by atoms with Gasteiger partial charge in [-0.25, -0.2) is 0 Å². The first-order valence-electron chi connectivity index (χ1n) is 5.13. The predicted molar refractivity (Wildman–Crippen MR) is 61.4 cm³/mol. The minimum atomic E-state index is -0.675. The van der Waals surface area contributed by atoms with E-state index in [1.807, 2.05) is 0 Å². The number of carbonyl (C=O) groups is 1. The molecule has 0 aromatic heterocycles. The van der Waals surface area contributed by atoms with Gasteiger partial charge < -0.3 is 5.11 Å². The molecule has 0 saturated carbocycles. The van der Waals surface area contributed by atoms with Gasteiger partial charge in [-0.3, -0.25) is 4.79 Å². The summed E-state index contributed by atoms with van der Waals surface area (Å²) >= 11 is 0. The van der Waals surface area contributed by atoms with Crippen LogP contribution in [0, 0.1) is 5.41 Å². The zero-order chi connectivity index (χ0) is 11.6. The van der Waals surface area contributed by atoms with Crippen LogP contribution in [0.3, 0.4) is 0 Å². The van der Waals surface area contributed by atoms with Crippen molar-refractivity contribution in [2.24, 2.45) is 5.41 Å². The van der Waals surface area contributed by atoms with E-state index in [1.165, 1.54) is 6.42 Å². The van der Waals surface area contributed by atoms with Gasteiger partial charge in [0.2, 0.25) is 0 Å². The number of hydrogen-bond donors (Lipinski definition) is 1. The molecule has 84 valence electrons. The fourth-order valence-corrected chi connectivity index (χ4v) is 1.11. The van der Waals surface area contributed by atoms with Crippen LogP contribution in [0.5, 0.6) is 0 Å². The van der Waals surface area contributed by atoms with E-state index < -0.39 is 5.97 Å². The number of rotatable bonds is 5. The van der Waals surface area contributed by atoms with E-state index in [2.05, 4.69) is 33.9 Å². The standard InChI is InChI=1S/C10H20O2.C2H4/c1-10(2,3)8-6-4-5-7-9(11)12;1-2/h4-8H2,1-3H3,(H,11,12);1-2H2. The zero-order valence-electron chi connectivity index (χ0n) is 9.81. The van der Waals surface area contributed by atoms with Crippen molar-refractivity contribution < 1.29 is 9.90 Å². The van der Waals surface area contributed by atoms with Gasteiger partial charge in [-0.2, -0.15) is 0 Å². The first-order valence-corrected chi connectivity index (χ1v) is 5.13. The Hall–Kier alpha value is -0.790. The molecule has 0 atom stereocenters. The Bertz CT molecular complexity index is 145. The first kappa shape index (κ1) is 15.7. The van der Waals surface area contributed by atoms with Gasteiger partial charge in [-0.05, 0) is 18.3 Å². The molecule has 1 N–H and O–H groups in total. The fourth-order valence-electron chi connectivity index (χ4n) is 1.11. The largest absolute Gasteiger partial charge is 0.481 e. The molecule has 0 heterocycles. The van der Waals surface area contributed by atoms with Gasteiger partial charge in [-0.1, -0.05) is 33.6 Å². The molecule has 0 radical (unpaired) electrons. The highest BCUT2D eigenvalue weighted by Gasteiger charge is 2.08. The Morgan fingerprint density at radius 1 is 1.14 bits per heavy atom. The van der Waals surface area contributed by atoms with Crippen molar-refractivity contribution >= 4 is 5.97 Å². The van der Waals surface area contributed by atoms with Crippen molar-refractivity contribution in [3.8, 4) is 0 Å². The molecule has 14 heavy (non-hydrogen) atoms. The van der Waals surface area contributed by atoms with Crippen molar-refractivity contribution in [1.82, 2.24) is 0 Å². The highest BCUT2D eigenvalue weighted by Crippen LogP contribution is 2.22. The van der Waals surface area contributed by atoms with Crippen LogP contribution in [-0.4, -0.2) is 11.1 Å². The van der Waals surface area contributed by atoms with Gasteiger partial charge in [0.05, 0.1) is 0 Å². The van der Waals surface area contributed by atoms with E-state index in [0.717, 1.165) is 19.3 Å². The number of unbranched alkanes of at least 4 members (excludes halogenated alkanes) is 2. The molecule has 0 aliphatic heterocycles. The average molecular weight is 200 g/mol. The van der Waals surface area contributed by atoms with Crippen LogP contribution in [0.1, 0.15) is 52.9 Å². The Labute approximate surface area is 88.0 Å². The van der Waals surface area contributed by atoms with E-state index in [1.54, 1.807) is 0 Å². The summed E-state index contributed by atoms with van der Waals surface area (Å²) in [4.78, 5) is 10.2. The Morgan fingerprint density at radius 2 is 1.64 bits per heavy atom. The third-order valence-corrected chi connectivity index (χ3v) is 1.82. The first-order chi connectivity index (χ1) is 6.42. The van der Waals surface area contributed by atoms with E-state index in [-0.39, 0.29) is 0 Å². The highest BCUT2D eigenvalue weighted by molar-refractivity contribution is 5.66. The number of carboxylic acid groups (broad SMARTS) is 1. The highest BCUT2D eigenvalue weighted by atomic mass is 16.4. The van der Waals surface area contributed by atoms with Crippen LogP contribution in [0.2, 0.25) is 0 Å². The van der Waals surface area contributed by atoms with Crippen LogP contribution >= 0.6 is 0 Å². The van der Waals surface area contributed by atoms with Crippen molar-refractivity contribution in [3.63, 3.8) is 0 Å². The maximum absolute atomic E-state index is 10.2. The van der Waals surface area contributed by atoms with E-state index in [0.29, 0.717) is 11.8 Å². The van der Waals surface area contributed by atoms with E-state index in [9.17, 15) is 4.79 Å². The normalized spacial score (nSPS) is 10.2. The predicted octanol–water partition coefficient (Wildman–Crippen LogP) is 3.87. The monoisotopic (exact) mass is 200 g/mol. The number of hydrogen-bond acceptors (Lipinski definition) is 1. The molecule has 0 amide bonds. The Balaban J connectivity index is 0. The molecule has 2 heteroatoms. The lowest BCUT2D eigenvalue weighted by atomic mass is 9.89. The topological polar surface area (TPSA) is 37.3 Å². The summed E-state index contributed by atoms with van der Waals surface area (Å²) in [5.74, 6) is -0.675. The summed E-state index contributed by atoms with van der Waals surface area (Å²) in [6.45, 7) is 12.6. The van der Waals surface area contributed by atoms with Crippen molar-refractivity contribution in [2.75, 3.05) is 0 Å². The molecule has 0 aliphatic rings. The molecule has 0 aliphatic carbocycles. The summed E-state index contributed by atoms with van der Waals surface area (Å²) in [6, 6.07) is 0. The van der Waals surface area contributed by atoms with Crippen molar-refractivity contribution in [3.05, 3.63) is 13.2 Å². The molecule has 0 fully saturated rings. The lowest BCUT2D eigenvalue weighted by Crippen LogP contribution is -2.04. The maximum Gasteiger partial charge on any atom is 0.303 e. The molecule has 0 spiro atoms. The average Bonchev–Trinajstić information content (AvgIpc) is 2.05. The quantitative estimate of drug-likeness (QED) is 0.540. The third kappa shape index (κ3) is 17.3. The fraction of sp³-hybridized carbons (Fsp3) is 0.750. The molecular formula is C12H24O2. The second-order valence-electron chi connectivity index (χ2n) is 4.52. The molecule has 0 unspecified atom stereocenters. The smallest absolute Gasteiger partial charge is 0.303 e. The van der Waals surface area contributed by atoms with Crippen LogP contribution in [0.4, 0.5) is 0 Å². The van der Waals surface area contributed by atoms with Gasteiger partial charge in [0.15, 0.2) is 0 Å². The summed E-state index contributed by atoms with van der Waals surface area (Å²) < 4.78 is 0. The van der Waals surface area contributed by atoms with Crippen molar-refractivity contribution in [1.29, 1.82) is 0 Å². The third-order valence-electron chi connectivity index (χ3n) is 1.82. The van der Waals surface area contributed by atoms with E-state index in [4.69, 9.17) is 5.11 Å². The molecule has 2 nitrogen and oxygen atoms in total. The van der Waals surface area contributed by atoms with Gasteiger partial charge in [0.25, 0.3) is 0 Å². The lowest BCUT2D eigenvalue weighted by molar-refractivity contribution is -0.137. The molecule has 0 bridgehead atoms. The zero-order valence-corrected chi connectivity index (χ0v) is 9.81. The van der Waals surface area contributed by atoms with Crippen LogP contribution in [-0.2, 0) is 4.79 Å². The van der Waals surface area contributed by atoms with Crippen molar-refractivity contribution in [2.45, 2.75) is 52.9 Å². The van der Waals surface area contributed by atoms with Gasteiger partial charge in [-0.15, -0.1) is 13.2 Å². The second kappa shape index (κ2) is 8.79. The molecule has 0 aromatic rings. The minimum Gasteiger partial charge on any atom is -0.481 e. The SMILES string of the molecule is C=C.CC(C)(C)CCCCCC(=O)O. The Morgan fingerprint density at radius 3 is 2.00 bits per heavy atom. The summed E-state index contributed by atoms with van der Waals surface area (Å²) in [5.41, 5.74) is 0.392. The summed E-state index contributed by atoms with van der Waals surface area (Å²) in [6.07, 6.45) is 4.53. The minimum absolute atomic E-state index is 0.324.